The van der Waals surface area contributed by atoms with Crippen LogP contribution in [0, 0.1) is 34.5 Å². The highest BCUT2D eigenvalue weighted by atomic mass is 16.5. The first-order chi connectivity index (χ1) is 16.1. The number of nitrogens with one attached hydrogen (secondary N) is 1. The van der Waals surface area contributed by atoms with Crippen molar-refractivity contribution in [3.8, 4) is 0 Å². The van der Waals surface area contributed by atoms with E-state index in [4.69, 9.17) is 4.74 Å². The van der Waals surface area contributed by atoms with Crippen LogP contribution in [-0.4, -0.2) is 25.2 Å². The summed E-state index contributed by atoms with van der Waals surface area (Å²) >= 11 is 0. The van der Waals surface area contributed by atoms with Crippen molar-refractivity contribution in [2.75, 3.05) is 13.2 Å². The third kappa shape index (κ3) is 7.11. The lowest BCUT2D eigenvalue weighted by atomic mass is 9.57. The molecule has 6 unspecified atom stereocenters. The Morgan fingerprint density at radius 2 is 1.94 bits per heavy atom. The largest absolute Gasteiger partial charge is 0.376 e. The average molecular weight is 474 g/mol. The van der Waals surface area contributed by atoms with Crippen LogP contribution in [0.5, 0.6) is 0 Å². The molecule has 0 aromatic carbocycles. The number of hydrogen-bond acceptors (Lipinski definition) is 2. The van der Waals surface area contributed by atoms with Gasteiger partial charge in [0.25, 0.3) is 0 Å². The molecule has 0 spiro atoms. The first kappa shape index (κ1) is 27.8. The zero-order chi connectivity index (χ0) is 24.8. The summed E-state index contributed by atoms with van der Waals surface area (Å²) in [6.45, 7) is 15.3. The van der Waals surface area contributed by atoms with Crippen molar-refractivity contribution in [3.05, 3.63) is 11.6 Å². The zero-order valence-corrected chi connectivity index (χ0v) is 23.4. The first-order valence-electron chi connectivity index (χ1n) is 14.7. The quantitative estimate of drug-likeness (QED) is 0.230. The van der Waals surface area contributed by atoms with Gasteiger partial charge in [0.1, 0.15) is 0 Å². The molecule has 1 N–H and O–H groups in total. The van der Waals surface area contributed by atoms with Crippen LogP contribution in [0.1, 0.15) is 125 Å². The third-order valence-corrected chi connectivity index (χ3v) is 10.2. The number of ether oxygens (including phenoxy) is 1. The van der Waals surface area contributed by atoms with Crippen LogP contribution in [0.3, 0.4) is 0 Å². The van der Waals surface area contributed by atoms with Gasteiger partial charge >= 0.3 is 0 Å². The Kier molecular flexibility index (Phi) is 10.1. The Hall–Kier alpha value is -0.830. The molecular formula is C31H55NO2. The predicted molar refractivity (Wildman–Crippen MR) is 144 cm³/mol. The maximum Gasteiger partial charge on any atom is 0.216 e. The lowest BCUT2D eigenvalue weighted by Gasteiger charge is -2.49. The van der Waals surface area contributed by atoms with E-state index in [0.717, 1.165) is 36.5 Å². The van der Waals surface area contributed by atoms with E-state index < -0.39 is 0 Å². The summed E-state index contributed by atoms with van der Waals surface area (Å²) in [7, 11) is 0. The number of rotatable bonds is 12. The smallest absolute Gasteiger partial charge is 0.216 e. The van der Waals surface area contributed by atoms with Crippen molar-refractivity contribution in [1.82, 2.24) is 5.32 Å². The normalized spacial score (nSPS) is 34.6. The molecule has 34 heavy (non-hydrogen) atoms. The van der Waals surface area contributed by atoms with Crippen LogP contribution in [0.15, 0.2) is 11.6 Å². The molecule has 0 saturated heterocycles. The van der Waals surface area contributed by atoms with Gasteiger partial charge in [-0.05, 0) is 92.3 Å². The highest BCUT2D eigenvalue weighted by Crippen LogP contribution is 2.56. The summed E-state index contributed by atoms with van der Waals surface area (Å²) in [6.07, 6.45) is 20.4. The monoisotopic (exact) mass is 473 g/mol. The van der Waals surface area contributed by atoms with Crippen LogP contribution in [0.2, 0.25) is 0 Å². The third-order valence-electron chi connectivity index (χ3n) is 10.2. The Labute approximate surface area is 211 Å². The molecule has 3 rings (SSSR count). The van der Waals surface area contributed by atoms with Crippen molar-refractivity contribution in [1.29, 1.82) is 0 Å². The van der Waals surface area contributed by atoms with Crippen molar-refractivity contribution >= 4 is 5.91 Å². The minimum absolute atomic E-state index is 0.0285. The van der Waals surface area contributed by atoms with Crippen LogP contribution in [0.25, 0.3) is 0 Å². The fourth-order valence-corrected chi connectivity index (χ4v) is 7.91. The van der Waals surface area contributed by atoms with E-state index in [-0.39, 0.29) is 5.91 Å². The van der Waals surface area contributed by atoms with Gasteiger partial charge in [-0.15, -0.1) is 0 Å². The van der Waals surface area contributed by atoms with Gasteiger partial charge in [-0.3, -0.25) is 4.79 Å². The van der Waals surface area contributed by atoms with Crippen molar-refractivity contribution in [2.45, 2.75) is 131 Å². The topological polar surface area (TPSA) is 38.3 Å². The van der Waals surface area contributed by atoms with Gasteiger partial charge in [-0.1, -0.05) is 72.0 Å². The number of fused-ring (bicyclic) bond motifs is 1. The Morgan fingerprint density at radius 1 is 1.15 bits per heavy atom. The first-order valence-corrected chi connectivity index (χ1v) is 14.7. The van der Waals surface area contributed by atoms with Crippen LogP contribution in [0.4, 0.5) is 0 Å². The minimum atomic E-state index is 0.0285. The second-order valence-corrected chi connectivity index (χ2v) is 13.1. The molecule has 0 heterocycles. The Bertz CT molecular complexity index is 685. The van der Waals surface area contributed by atoms with E-state index in [1.165, 1.54) is 70.6 Å². The van der Waals surface area contributed by atoms with Crippen molar-refractivity contribution in [2.24, 2.45) is 34.5 Å². The summed E-state index contributed by atoms with van der Waals surface area (Å²) in [5.41, 5.74) is 2.61. The second-order valence-electron chi connectivity index (χ2n) is 13.1. The summed E-state index contributed by atoms with van der Waals surface area (Å²) in [5, 5.41) is 2.85. The molecule has 0 aromatic rings. The molecular weight excluding hydrogens is 418 g/mol. The standard InChI is InChI=1S/C31H55NO2/c1-23(2)10-7-11-24(3)29-14-9-17-30(29,5)18-15-26-12-8-13-27-22-28(16-19-31(26,27)6)34-21-20-32-25(4)33/h13,23-24,26,28-29H,7-12,14-22H2,1-6H3,(H,32,33). The van der Waals surface area contributed by atoms with E-state index in [0.29, 0.717) is 30.1 Å². The molecule has 196 valence electrons. The zero-order valence-electron chi connectivity index (χ0n) is 23.4. The summed E-state index contributed by atoms with van der Waals surface area (Å²) in [6, 6.07) is 0. The van der Waals surface area contributed by atoms with Crippen LogP contribution >= 0.6 is 0 Å². The molecule has 0 bridgehead atoms. The van der Waals surface area contributed by atoms with Gasteiger partial charge in [0.15, 0.2) is 0 Å². The van der Waals surface area contributed by atoms with Crippen molar-refractivity contribution in [3.63, 3.8) is 0 Å². The van der Waals surface area contributed by atoms with E-state index in [1.54, 1.807) is 12.5 Å². The minimum Gasteiger partial charge on any atom is -0.376 e. The molecule has 3 heteroatoms. The van der Waals surface area contributed by atoms with Gasteiger partial charge < -0.3 is 10.1 Å². The molecule has 2 fully saturated rings. The van der Waals surface area contributed by atoms with E-state index >= 15 is 0 Å². The Balaban J connectivity index is 1.52. The van der Waals surface area contributed by atoms with Gasteiger partial charge in [-0.2, -0.15) is 0 Å². The molecule has 2 saturated carbocycles. The fraction of sp³-hybridized carbons (Fsp3) is 0.903. The van der Waals surface area contributed by atoms with Gasteiger partial charge in [0, 0.05) is 13.5 Å². The second kappa shape index (κ2) is 12.4. The molecule has 6 atom stereocenters. The highest BCUT2D eigenvalue weighted by Gasteiger charge is 2.46. The maximum absolute atomic E-state index is 11.1. The number of hydrogen-bond donors (Lipinski definition) is 1. The van der Waals surface area contributed by atoms with Crippen molar-refractivity contribution < 1.29 is 9.53 Å². The van der Waals surface area contributed by atoms with Crippen LogP contribution in [-0.2, 0) is 9.53 Å². The number of amides is 1. The van der Waals surface area contributed by atoms with E-state index in [9.17, 15) is 4.79 Å². The average Bonchev–Trinajstić information content (AvgIpc) is 3.16. The number of allylic oxidation sites excluding steroid dienone is 1. The SMILES string of the molecule is CC(=O)NCCOC1CCC2(C)C(=CCCC2CCC2(C)CCCC2C(C)CCCC(C)C)C1. The lowest BCUT2D eigenvalue weighted by Crippen LogP contribution is -2.40. The molecule has 0 radical (unpaired) electrons. The summed E-state index contributed by atoms with van der Waals surface area (Å²) in [4.78, 5) is 11.1. The number of carbonyl (C=O) groups is 1. The summed E-state index contributed by atoms with van der Waals surface area (Å²) < 4.78 is 6.15. The van der Waals surface area contributed by atoms with E-state index in [1.807, 2.05) is 0 Å². The molecule has 3 aliphatic rings. The predicted octanol–water partition coefficient (Wildman–Crippen LogP) is 8.08. The maximum atomic E-state index is 11.1. The van der Waals surface area contributed by atoms with Gasteiger partial charge in [0.05, 0.1) is 12.7 Å². The molecule has 0 aromatic heterocycles. The fourth-order valence-electron chi connectivity index (χ4n) is 7.91. The van der Waals surface area contributed by atoms with Gasteiger partial charge in [-0.25, -0.2) is 0 Å². The Morgan fingerprint density at radius 3 is 2.68 bits per heavy atom. The van der Waals surface area contributed by atoms with Crippen LogP contribution < -0.4 is 5.32 Å². The summed E-state index contributed by atoms with van der Waals surface area (Å²) in [5.74, 6) is 3.52. The highest BCUT2D eigenvalue weighted by molar-refractivity contribution is 5.72. The number of carbonyl (C=O) groups excluding carboxylic acids is 1. The lowest BCUT2D eigenvalue weighted by molar-refractivity contribution is -0.119. The molecule has 3 aliphatic carbocycles. The molecule has 3 nitrogen and oxygen atoms in total. The van der Waals surface area contributed by atoms with E-state index in [2.05, 4.69) is 46.0 Å². The molecule has 1 amide bonds. The molecule has 0 aliphatic heterocycles. The van der Waals surface area contributed by atoms with Gasteiger partial charge in [0.2, 0.25) is 5.91 Å².